The van der Waals surface area contributed by atoms with Gasteiger partial charge in [-0.2, -0.15) is 0 Å². The topological polar surface area (TPSA) is 46.0 Å². The Morgan fingerprint density at radius 1 is 1.04 bits per heavy atom. The zero-order chi connectivity index (χ0) is 17.4. The van der Waals surface area contributed by atoms with Crippen LogP contribution in [-0.4, -0.2) is 39.3 Å². The summed E-state index contributed by atoms with van der Waals surface area (Å²) in [6.45, 7) is 4.62. The van der Waals surface area contributed by atoms with E-state index in [2.05, 4.69) is 25.0 Å². The van der Waals surface area contributed by atoms with Gasteiger partial charge in [-0.15, -0.1) is 10.2 Å². The van der Waals surface area contributed by atoms with Crippen molar-refractivity contribution in [3.05, 3.63) is 46.8 Å². The quantitative estimate of drug-likeness (QED) is 0.861. The smallest absolute Gasteiger partial charge is 0.194 e. The van der Waals surface area contributed by atoms with Gasteiger partial charge in [-0.3, -0.25) is 4.90 Å². The lowest BCUT2D eigenvalue weighted by molar-refractivity contribution is 0.199. The van der Waals surface area contributed by atoms with Crippen molar-refractivity contribution >= 4 is 0 Å². The minimum Gasteiger partial charge on any atom is -0.312 e. The van der Waals surface area contributed by atoms with Crippen LogP contribution in [0.1, 0.15) is 36.0 Å². The van der Waals surface area contributed by atoms with Crippen molar-refractivity contribution in [2.75, 3.05) is 19.6 Å². The standard InChI is InChI=1S/C17H20F3N5/c18-13-7-11(8-14(19)16(13)20)10-24-4-1-12(2-5-24)17-23-22-15-9-21-3-6-25(15)17/h7-8,12,21H,1-6,9-10H2. The van der Waals surface area contributed by atoms with Gasteiger partial charge < -0.3 is 9.88 Å². The number of likely N-dealkylation sites (tertiary alicyclic amines) is 1. The molecule has 3 heterocycles. The number of piperidine rings is 1. The lowest BCUT2D eigenvalue weighted by atomic mass is 9.95. The van der Waals surface area contributed by atoms with Gasteiger partial charge in [-0.05, 0) is 43.6 Å². The highest BCUT2D eigenvalue weighted by atomic mass is 19.2. The fraction of sp³-hybridized carbons (Fsp3) is 0.529. The Morgan fingerprint density at radius 2 is 1.76 bits per heavy atom. The molecule has 2 aromatic rings. The lowest BCUT2D eigenvalue weighted by Crippen LogP contribution is -2.34. The van der Waals surface area contributed by atoms with Crippen molar-refractivity contribution in [3.63, 3.8) is 0 Å². The SMILES string of the molecule is Fc1cc(CN2CCC(c3nnc4n3CCNC4)CC2)cc(F)c1F. The van der Waals surface area contributed by atoms with Gasteiger partial charge >= 0.3 is 0 Å². The van der Waals surface area contributed by atoms with Crippen molar-refractivity contribution in [1.29, 1.82) is 0 Å². The first-order chi connectivity index (χ1) is 12.1. The van der Waals surface area contributed by atoms with E-state index in [0.29, 0.717) is 18.0 Å². The first kappa shape index (κ1) is 16.5. The predicted octanol–water partition coefficient (Wildman–Crippen LogP) is 2.18. The van der Waals surface area contributed by atoms with E-state index in [1.807, 2.05) is 0 Å². The summed E-state index contributed by atoms with van der Waals surface area (Å²) < 4.78 is 42.0. The Balaban J connectivity index is 1.39. The highest BCUT2D eigenvalue weighted by Gasteiger charge is 2.27. The van der Waals surface area contributed by atoms with E-state index in [9.17, 15) is 13.2 Å². The zero-order valence-electron chi connectivity index (χ0n) is 13.8. The van der Waals surface area contributed by atoms with Crippen LogP contribution in [0.5, 0.6) is 0 Å². The molecule has 8 heteroatoms. The van der Waals surface area contributed by atoms with E-state index in [-0.39, 0.29) is 0 Å². The lowest BCUT2D eigenvalue weighted by Gasteiger charge is -2.32. The van der Waals surface area contributed by atoms with Crippen LogP contribution in [0.25, 0.3) is 0 Å². The number of nitrogens with zero attached hydrogens (tertiary/aromatic N) is 4. The molecule has 1 N–H and O–H groups in total. The Labute approximate surface area is 143 Å². The largest absolute Gasteiger partial charge is 0.312 e. The molecule has 0 spiro atoms. The molecule has 0 radical (unpaired) electrons. The molecular weight excluding hydrogens is 331 g/mol. The van der Waals surface area contributed by atoms with Gasteiger partial charge in [0.1, 0.15) is 11.6 Å². The molecule has 4 rings (SSSR count). The van der Waals surface area contributed by atoms with Gasteiger partial charge in [0.05, 0.1) is 6.54 Å². The molecule has 5 nitrogen and oxygen atoms in total. The summed E-state index contributed by atoms with van der Waals surface area (Å²) in [6, 6.07) is 2.15. The van der Waals surface area contributed by atoms with Crippen LogP contribution in [0, 0.1) is 17.5 Å². The van der Waals surface area contributed by atoms with Crippen molar-refractivity contribution in [2.45, 2.75) is 38.4 Å². The van der Waals surface area contributed by atoms with Gasteiger partial charge in [0.25, 0.3) is 0 Å². The third-order valence-corrected chi connectivity index (χ3v) is 5.05. The number of hydrogen-bond donors (Lipinski definition) is 1. The molecule has 1 saturated heterocycles. The maximum atomic E-state index is 13.3. The van der Waals surface area contributed by atoms with Crippen LogP contribution in [-0.2, 0) is 19.6 Å². The molecule has 2 aliphatic rings. The third kappa shape index (κ3) is 3.28. The predicted molar refractivity (Wildman–Crippen MR) is 85.3 cm³/mol. The van der Waals surface area contributed by atoms with E-state index in [0.717, 1.165) is 69.3 Å². The Hall–Kier alpha value is -1.93. The number of benzene rings is 1. The molecule has 1 fully saturated rings. The molecule has 0 amide bonds. The van der Waals surface area contributed by atoms with Crippen LogP contribution in [0.2, 0.25) is 0 Å². The summed E-state index contributed by atoms with van der Waals surface area (Å²) in [7, 11) is 0. The van der Waals surface area contributed by atoms with Gasteiger partial charge in [0.15, 0.2) is 17.5 Å². The van der Waals surface area contributed by atoms with Gasteiger partial charge in [0.2, 0.25) is 0 Å². The zero-order valence-corrected chi connectivity index (χ0v) is 13.8. The fourth-order valence-corrected chi connectivity index (χ4v) is 3.72. The molecule has 0 saturated carbocycles. The molecular formula is C17H20F3N5. The summed E-state index contributed by atoms with van der Waals surface area (Å²) in [5, 5.41) is 11.9. The first-order valence-electron chi connectivity index (χ1n) is 8.60. The number of rotatable bonds is 3. The summed E-state index contributed by atoms with van der Waals surface area (Å²) >= 11 is 0. The van der Waals surface area contributed by atoms with E-state index < -0.39 is 17.5 Å². The molecule has 1 aromatic heterocycles. The molecule has 134 valence electrons. The van der Waals surface area contributed by atoms with E-state index in [4.69, 9.17) is 0 Å². The minimum absolute atomic E-state index is 0.359. The summed E-state index contributed by atoms with van der Waals surface area (Å²) in [5.41, 5.74) is 0.459. The second-order valence-electron chi connectivity index (χ2n) is 6.73. The third-order valence-electron chi connectivity index (χ3n) is 5.05. The van der Waals surface area contributed by atoms with Crippen molar-refractivity contribution in [1.82, 2.24) is 25.0 Å². The van der Waals surface area contributed by atoms with Crippen LogP contribution >= 0.6 is 0 Å². The van der Waals surface area contributed by atoms with Crippen molar-refractivity contribution in [2.24, 2.45) is 0 Å². The highest BCUT2D eigenvalue weighted by molar-refractivity contribution is 5.19. The summed E-state index contributed by atoms with van der Waals surface area (Å²) in [4.78, 5) is 2.14. The average molecular weight is 351 g/mol. The first-order valence-corrected chi connectivity index (χ1v) is 8.60. The molecule has 2 aliphatic heterocycles. The monoisotopic (exact) mass is 351 g/mol. The fourth-order valence-electron chi connectivity index (χ4n) is 3.72. The Kier molecular flexibility index (Phi) is 4.47. The second kappa shape index (κ2) is 6.76. The van der Waals surface area contributed by atoms with Gasteiger partial charge in [-0.25, -0.2) is 13.2 Å². The second-order valence-corrected chi connectivity index (χ2v) is 6.73. The van der Waals surface area contributed by atoms with E-state index in [1.54, 1.807) is 0 Å². The Bertz CT molecular complexity index is 745. The van der Waals surface area contributed by atoms with Crippen molar-refractivity contribution < 1.29 is 13.2 Å². The molecule has 0 bridgehead atoms. The van der Waals surface area contributed by atoms with E-state index >= 15 is 0 Å². The van der Waals surface area contributed by atoms with Gasteiger partial charge in [0, 0.05) is 25.6 Å². The molecule has 0 atom stereocenters. The summed E-state index contributed by atoms with van der Waals surface area (Å²) in [6.07, 6.45) is 1.86. The number of halogens is 3. The van der Waals surface area contributed by atoms with E-state index in [1.165, 1.54) is 0 Å². The Morgan fingerprint density at radius 3 is 2.48 bits per heavy atom. The molecule has 25 heavy (non-hydrogen) atoms. The van der Waals surface area contributed by atoms with Crippen molar-refractivity contribution in [3.8, 4) is 0 Å². The van der Waals surface area contributed by atoms with Crippen LogP contribution in [0.4, 0.5) is 13.2 Å². The normalized spacial score (nSPS) is 19.2. The number of aromatic nitrogens is 3. The maximum Gasteiger partial charge on any atom is 0.194 e. The van der Waals surface area contributed by atoms with Gasteiger partial charge in [-0.1, -0.05) is 0 Å². The molecule has 1 aromatic carbocycles. The summed E-state index contributed by atoms with van der Waals surface area (Å²) in [5.74, 6) is -1.27. The van der Waals surface area contributed by atoms with Crippen LogP contribution < -0.4 is 5.32 Å². The highest BCUT2D eigenvalue weighted by Crippen LogP contribution is 2.28. The molecule has 0 aliphatic carbocycles. The van der Waals surface area contributed by atoms with Crippen LogP contribution in [0.3, 0.4) is 0 Å². The van der Waals surface area contributed by atoms with Crippen LogP contribution in [0.15, 0.2) is 12.1 Å². The molecule has 0 unspecified atom stereocenters. The number of nitrogens with one attached hydrogen (secondary N) is 1. The minimum atomic E-state index is -1.41. The average Bonchev–Trinajstić information content (AvgIpc) is 3.04. The number of fused-ring (bicyclic) bond motifs is 1. The number of hydrogen-bond acceptors (Lipinski definition) is 4. The maximum absolute atomic E-state index is 13.3.